The van der Waals surface area contributed by atoms with E-state index >= 15 is 0 Å². The lowest BCUT2D eigenvalue weighted by atomic mass is 9.95. The van der Waals surface area contributed by atoms with Crippen molar-refractivity contribution in [2.75, 3.05) is 13.2 Å². The monoisotopic (exact) mass is 226 g/mol. The second-order valence-electron chi connectivity index (χ2n) is 3.44. The Labute approximate surface area is 97.4 Å². The molecule has 1 nitrogen and oxygen atoms in total. The number of aryl methyl sites for hydroxylation is 1. The highest BCUT2D eigenvalue weighted by Crippen LogP contribution is 2.30. The van der Waals surface area contributed by atoms with E-state index in [0.29, 0.717) is 5.92 Å². The summed E-state index contributed by atoms with van der Waals surface area (Å²) >= 11 is 6.11. The summed E-state index contributed by atoms with van der Waals surface area (Å²) in [5.74, 6) is 0.527. The molecule has 0 aliphatic carbocycles. The van der Waals surface area contributed by atoms with Gasteiger partial charge in [0.25, 0.3) is 0 Å². The molecule has 0 N–H and O–H groups in total. The number of hydrogen-bond acceptors (Lipinski definition) is 1. The molecule has 1 heterocycles. The van der Waals surface area contributed by atoms with Crippen molar-refractivity contribution in [2.24, 2.45) is 0 Å². The second kappa shape index (κ2) is 6.14. The topological polar surface area (TPSA) is 9.23 Å². The summed E-state index contributed by atoms with van der Waals surface area (Å²) in [4.78, 5) is 0. The van der Waals surface area contributed by atoms with Gasteiger partial charge in [-0.25, -0.2) is 0 Å². The van der Waals surface area contributed by atoms with E-state index in [0.717, 1.165) is 24.7 Å². The Hall–Kier alpha value is -0.530. The molecule has 1 aromatic rings. The summed E-state index contributed by atoms with van der Waals surface area (Å²) in [6, 6.07) is 6.29. The number of hydrogen-bond donors (Lipinski definition) is 0. The Morgan fingerprint density at radius 2 is 2.00 bits per heavy atom. The van der Waals surface area contributed by atoms with Crippen LogP contribution in [0.5, 0.6) is 0 Å². The van der Waals surface area contributed by atoms with Crippen LogP contribution in [0.2, 0.25) is 5.02 Å². The first-order valence-electron chi connectivity index (χ1n) is 5.67. The summed E-state index contributed by atoms with van der Waals surface area (Å²) in [5, 5.41) is 0.880. The van der Waals surface area contributed by atoms with Crippen molar-refractivity contribution >= 4 is 11.6 Å². The number of halogens is 1. The first-order chi connectivity index (χ1) is 7.31. The van der Waals surface area contributed by atoms with Crippen LogP contribution in [0.4, 0.5) is 0 Å². The van der Waals surface area contributed by atoms with E-state index in [1.54, 1.807) is 0 Å². The van der Waals surface area contributed by atoms with Gasteiger partial charge in [-0.1, -0.05) is 44.5 Å². The molecule has 84 valence electrons. The summed E-state index contributed by atoms with van der Waals surface area (Å²) in [5.41, 5.74) is 2.61. The minimum Gasteiger partial charge on any atom is -0.380 e. The molecule has 1 aliphatic heterocycles. The van der Waals surface area contributed by atoms with Crippen LogP contribution in [0, 0.1) is 0 Å². The molecule has 0 atom stereocenters. The highest BCUT2D eigenvalue weighted by Gasteiger charge is 2.22. The van der Waals surface area contributed by atoms with Gasteiger partial charge in [-0.15, -0.1) is 0 Å². The Kier molecular flexibility index (Phi) is 5.13. The SMILES string of the molecule is CC.CCc1ccc(Cl)c(C2COC2)c1. The van der Waals surface area contributed by atoms with Crippen molar-refractivity contribution in [3.63, 3.8) is 0 Å². The first kappa shape index (κ1) is 12.5. The largest absolute Gasteiger partial charge is 0.380 e. The van der Waals surface area contributed by atoms with Crippen LogP contribution in [-0.2, 0) is 11.2 Å². The predicted octanol–water partition coefficient (Wildman–Crippen LogP) is 4.04. The molecule has 1 aromatic carbocycles. The number of ether oxygens (including phenoxy) is 1. The smallest absolute Gasteiger partial charge is 0.0557 e. The molecular weight excluding hydrogens is 208 g/mol. The lowest BCUT2D eigenvalue weighted by Gasteiger charge is -2.27. The highest BCUT2D eigenvalue weighted by molar-refractivity contribution is 6.31. The molecule has 2 rings (SSSR count). The maximum absolute atomic E-state index is 6.11. The van der Waals surface area contributed by atoms with Gasteiger partial charge in [-0.3, -0.25) is 0 Å². The molecule has 0 spiro atoms. The zero-order valence-corrected chi connectivity index (χ0v) is 10.5. The van der Waals surface area contributed by atoms with Gasteiger partial charge in [0.05, 0.1) is 13.2 Å². The van der Waals surface area contributed by atoms with Crippen LogP contribution < -0.4 is 0 Å². The van der Waals surface area contributed by atoms with E-state index in [2.05, 4.69) is 19.1 Å². The summed E-state index contributed by atoms with van der Waals surface area (Å²) < 4.78 is 5.16. The van der Waals surface area contributed by atoms with E-state index in [9.17, 15) is 0 Å². The van der Waals surface area contributed by atoms with Crippen LogP contribution >= 0.6 is 11.6 Å². The zero-order chi connectivity index (χ0) is 11.3. The quantitative estimate of drug-likeness (QED) is 0.740. The van der Waals surface area contributed by atoms with Crippen molar-refractivity contribution in [2.45, 2.75) is 33.1 Å². The third-order valence-corrected chi connectivity index (χ3v) is 2.89. The van der Waals surface area contributed by atoms with Crippen molar-refractivity contribution in [1.82, 2.24) is 0 Å². The minimum atomic E-state index is 0.527. The number of benzene rings is 1. The third-order valence-electron chi connectivity index (χ3n) is 2.55. The average molecular weight is 227 g/mol. The van der Waals surface area contributed by atoms with Crippen LogP contribution in [0.15, 0.2) is 18.2 Å². The van der Waals surface area contributed by atoms with E-state index < -0.39 is 0 Å². The maximum Gasteiger partial charge on any atom is 0.0557 e. The van der Waals surface area contributed by atoms with E-state index in [-0.39, 0.29) is 0 Å². The molecule has 1 saturated heterocycles. The van der Waals surface area contributed by atoms with Gasteiger partial charge in [-0.05, 0) is 23.6 Å². The van der Waals surface area contributed by atoms with E-state index in [1.165, 1.54) is 11.1 Å². The standard InChI is InChI=1S/C11H13ClO.C2H6/c1-2-8-3-4-11(12)10(5-8)9-6-13-7-9;1-2/h3-5,9H,2,6-7H2,1H3;1-2H3. The van der Waals surface area contributed by atoms with Crippen LogP contribution in [0.3, 0.4) is 0 Å². The zero-order valence-electron chi connectivity index (χ0n) is 9.72. The van der Waals surface area contributed by atoms with Crippen LogP contribution in [0.25, 0.3) is 0 Å². The fraction of sp³-hybridized carbons (Fsp3) is 0.538. The van der Waals surface area contributed by atoms with Crippen LogP contribution in [-0.4, -0.2) is 13.2 Å². The van der Waals surface area contributed by atoms with E-state index in [1.807, 2.05) is 19.9 Å². The Balaban J connectivity index is 0.000000531. The molecule has 0 saturated carbocycles. The van der Waals surface area contributed by atoms with Gasteiger partial charge in [0.2, 0.25) is 0 Å². The van der Waals surface area contributed by atoms with Gasteiger partial charge >= 0.3 is 0 Å². The molecule has 1 aliphatic rings. The van der Waals surface area contributed by atoms with Gasteiger partial charge in [0, 0.05) is 10.9 Å². The van der Waals surface area contributed by atoms with Gasteiger partial charge in [0.1, 0.15) is 0 Å². The fourth-order valence-electron chi connectivity index (χ4n) is 1.54. The number of rotatable bonds is 2. The Bertz CT molecular complexity index is 305. The summed E-state index contributed by atoms with van der Waals surface area (Å²) in [6.07, 6.45) is 1.07. The van der Waals surface area contributed by atoms with E-state index in [4.69, 9.17) is 16.3 Å². The average Bonchev–Trinajstić information content (AvgIpc) is 2.22. The molecule has 0 bridgehead atoms. The van der Waals surface area contributed by atoms with Gasteiger partial charge < -0.3 is 4.74 Å². The fourth-order valence-corrected chi connectivity index (χ4v) is 1.81. The summed E-state index contributed by atoms with van der Waals surface area (Å²) in [6.45, 7) is 7.81. The molecule has 0 unspecified atom stereocenters. The molecule has 1 fully saturated rings. The van der Waals surface area contributed by atoms with Gasteiger partial charge in [-0.2, -0.15) is 0 Å². The van der Waals surface area contributed by atoms with Crippen molar-refractivity contribution < 1.29 is 4.74 Å². The minimum absolute atomic E-state index is 0.527. The maximum atomic E-state index is 6.11. The molecule has 2 heteroatoms. The highest BCUT2D eigenvalue weighted by atomic mass is 35.5. The second-order valence-corrected chi connectivity index (χ2v) is 3.85. The third kappa shape index (κ3) is 2.96. The molecule has 15 heavy (non-hydrogen) atoms. The van der Waals surface area contributed by atoms with Crippen molar-refractivity contribution in [3.05, 3.63) is 34.3 Å². The predicted molar refractivity (Wildman–Crippen MR) is 65.7 cm³/mol. The Morgan fingerprint density at radius 3 is 2.47 bits per heavy atom. The van der Waals surface area contributed by atoms with Crippen molar-refractivity contribution in [3.8, 4) is 0 Å². The molecule has 0 radical (unpaired) electrons. The molecular formula is C13H19ClO. The molecule has 0 amide bonds. The van der Waals surface area contributed by atoms with Crippen molar-refractivity contribution in [1.29, 1.82) is 0 Å². The first-order valence-corrected chi connectivity index (χ1v) is 6.05. The Morgan fingerprint density at radius 1 is 1.33 bits per heavy atom. The van der Waals surface area contributed by atoms with Gasteiger partial charge in [0.15, 0.2) is 0 Å². The normalized spacial score (nSPS) is 15.2. The molecule has 0 aromatic heterocycles. The lowest BCUT2D eigenvalue weighted by molar-refractivity contribution is 0.00843. The lowest BCUT2D eigenvalue weighted by Crippen LogP contribution is -2.25. The van der Waals surface area contributed by atoms with Crippen LogP contribution in [0.1, 0.15) is 37.8 Å². The summed E-state index contributed by atoms with van der Waals surface area (Å²) in [7, 11) is 0.